The van der Waals surface area contributed by atoms with E-state index >= 15 is 0 Å². The maximum atomic E-state index is 12.8. The highest BCUT2D eigenvalue weighted by Crippen LogP contribution is 2.25. The third kappa shape index (κ3) is 4.77. The molecule has 0 N–H and O–H groups in total. The minimum atomic E-state index is -0.558. The lowest BCUT2D eigenvalue weighted by Gasteiger charge is -2.08. The number of nitro groups is 1. The molecule has 2 aromatic rings. The number of nitrogens with zero attached hydrogens (tertiary/aromatic N) is 1. The number of esters is 1. The van der Waals surface area contributed by atoms with Gasteiger partial charge in [-0.25, -0.2) is 4.39 Å². The van der Waals surface area contributed by atoms with Crippen LogP contribution in [-0.2, 0) is 11.2 Å². The molecule has 0 amide bonds. The normalized spacial score (nSPS) is 10.2. The standard InChI is InChI=1S/C17H16FNO5/c1-2-23-15-8-9-16(19(21)22)12(11-15)3-10-17(20)24-14-6-4-13(18)5-7-14/h4-9,11H,2-3,10H2,1H3. The second kappa shape index (κ2) is 8.05. The van der Waals surface area contributed by atoms with Crippen LogP contribution < -0.4 is 9.47 Å². The predicted octanol–water partition coefficient (Wildman–Crippen LogP) is 3.67. The molecule has 0 saturated heterocycles. The van der Waals surface area contributed by atoms with Gasteiger partial charge in [-0.1, -0.05) is 0 Å². The van der Waals surface area contributed by atoms with E-state index in [1.807, 2.05) is 0 Å². The van der Waals surface area contributed by atoms with Gasteiger partial charge in [0.05, 0.1) is 18.0 Å². The maximum absolute atomic E-state index is 12.8. The van der Waals surface area contributed by atoms with Gasteiger partial charge < -0.3 is 9.47 Å². The third-order valence-electron chi connectivity index (χ3n) is 3.20. The van der Waals surface area contributed by atoms with Crippen LogP contribution in [-0.4, -0.2) is 17.5 Å². The fourth-order valence-electron chi connectivity index (χ4n) is 2.12. The zero-order valence-electron chi connectivity index (χ0n) is 13.0. The van der Waals surface area contributed by atoms with Crippen molar-refractivity contribution < 1.29 is 23.6 Å². The second-order valence-electron chi connectivity index (χ2n) is 4.91. The zero-order chi connectivity index (χ0) is 17.5. The molecule has 0 aliphatic carbocycles. The number of rotatable bonds is 7. The van der Waals surface area contributed by atoms with Crippen molar-refractivity contribution in [2.45, 2.75) is 19.8 Å². The van der Waals surface area contributed by atoms with Crippen molar-refractivity contribution in [1.29, 1.82) is 0 Å². The summed E-state index contributed by atoms with van der Waals surface area (Å²) in [7, 11) is 0. The van der Waals surface area contributed by atoms with E-state index in [9.17, 15) is 19.3 Å². The molecule has 2 aromatic carbocycles. The molecule has 0 aliphatic heterocycles. The lowest BCUT2D eigenvalue weighted by Crippen LogP contribution is -2.10. The zero-order valence-corrected chi connectivity index (χ0v) is 13.0. The highest BCUT2D eigenvalue weighted by atomic mass is 19.1. The fourth-order valence-corrected chi connectivity index (χ4v) is 2.12. The first kappa shape index (κ1) is 17.4. The van der Waals surface area contributed by atoms with E-state index in [0.29, 0.717) is 17.9 Å². The monoisotopic (exact) mass is 333 g/mol. The number of ether oxygens (including phenoxy) is 2. The number of hydrogen-bond donors (Lipinski definition) is 0. The van der Waals surface area contributed by atoms with Crippen LogP contribution in [0.5, 0.6) is 11.5 Å². The molecule has 0 aromatic heterocycles. The van der Waals surface area contributed by atoms with Crippen LogP contribution in [0.3, 0.4) is 0 Å². The average Bonchev–Trinajstić information content (AvgIpc) is 2.55. The van der Waals surface area contributed by atoms with Gasteiger partial charge in [0.1, 0.15) is 17.3 Å². The van der Waals surface area contributed by atoms with E-state index in [1.165, 1.54) is 36.4 Å². The van der Waals surface area contributed by atoms with Crippen molar-refractivity contribution in [3.05, 3.63) is 64.0 Å². The summed E-state index contributed by atoms with van der Waals surface area (Å²) < 4.78 is 23.2. The Morgan fingerprint density at radius 2 is 1.83 bits per heavy atom. The molecule has 0 spiro atoms. The van der Waals surface area contributed by atoms with Crippen LogP contribution >= 0.6 is 0 Å². The Morgan fingerprint density at radius 1 is 1.17 bits per heavy atom. The number of nitro benzene ring substituents is 1. The van der Waals surface area contributed by atoms with Crippen LogP contribution in [0.1, 0.15) is 18.9 Å². The lowest BCUT2D eigenvalue weighted by molar-refractivity contribution is -0.385. The predicted molar refractivity (Wildman–Crippen MR) is 84.6 cm³/mol. The first-order valence-electron chi connectivity index (χ1n) is 7.36. The number of halogens is 1. The van der Waals surface area contributed by atoms with E-state index in [0.717, 1.165) is 0 Å². The number of carbonyl (C=O) groups is 1. The third-order valence-corrected chi connectivity index (χ3v) is 3.20. The summed E-state index contributed by atoms with van der Waals surface area (Å²) in [6.07, 6.45) is 0.0883. The minimum Gasteiger partial charge on any atom is -0.494 e. The number of carbonyl (C=O) groups excluding carboxylic acids is 1. The fraction of sp³-hybridized carbons (Fsp3) is 0.235. The Bertz CT molecular complexity index is 730. The number of aryl methyl sites for hydroxylation is 1. The van der Waals surface area contributed by atoms with Gasteiger partial charge in [0.2, 0.25) is 0 Å². The maximum Gasteiger partial charge on any atom is 0.311 e. The van der Waals surface area contributed by atoms with Crippen LogP contribution in [0.4, 0.5) is 10.1 Å². The van der Waals surface area contributed by atoms with Crippen molar-refractivity contribution in [2.75, 3.05) is 6.61 Å². The van der Waals surface area contributed by atoms with Crippen LogP contribution in [0, 0.1) is 15.9 Å². The molecule has 0 radical (unpaired) electrons. The highest BCUT2D eigenvalue weighted by Gasteiger charge is 2.16. The lowest BCUT2D eigenvalue weighted by atomic mass is 10.1. The Kier molecular flexibility index (Phi) is 5.83. The SMILES string of the molecule is CCOc1ccc([N+](=O)[O-])c(CCC(=O)Oc2ccc(F)cc2)c1. The van der Waals surface area contributed by atoms with Gasteiger partial charge in [0.15, 0.2) is 0 Å². The van der Waals surface area contributed by atoms with E-state index in [-0.39, 0.29) is 24.3 Å². The first-order valence-corrected chi connectivity index (χ1v) is 7.36. The van der Waals surface area contributed by atoms with Gasteiger partial charge in [0.25, 0.3) is 5.69 Å². The van der Waals surface area contributed by atoms with Gasteiger partial charge in [-0.05, 0) is 49.7 Å². The molecule has 7 heteroatoms. The van der Waals surface area contributed by atoms with E-state index < -0.39 is 16.7 Å². The molecule has 126 valence electrons. The van der Waals surface area contributed by atoms with E-state index in [4.69, 9.17) is 9.47 Å². The van der Waals surface area contributed by atoms with Crippen molar-refractivity contribution in [3.63, 3.8) is 0 Å². The van der Waals surface area contributed by atoms with Gasteiger partial charge in [-0.2, -0.15) is 0 Å². The summed E-state index contributed by atoms with van der Waals surface area (Å²) in [6, 6.07) is 9.45. The smallest absolute Gasteiger partial charge is 0.311 e. The molecule has 0 bridgehead atoms. The molecule has 0 atom stereocenters. The molecule has 0 saturated carbocycles. The summed E-state index contributed by atoms with van der Waals surface area (Å²) in [5.41, 5.74) is 0.315. The largest absolute Gasteiger partial charge is 0.494 e. The molecule has 0 aliphatic rings. The average molecular weight is 333 g/mol. The van der Waals surface area contributed by atoms with Crippen molar-refractivity contribution in [2.24, 2.45) is 0 Å². The minimum absolute atomic E-state index is 0.0478. The van der Waals surface area contributed by atoms with Crippen LogP contribution in [0.15, 0.2) is 42.5 Å². The molecule has 6 nitrogen and oxygen atoms in total. The number of benzene rings is 2. The Labute approximate surface area is 138 Å². The summed E-state index contributed by atoms with van der Waals surface area (Å²) in [4.78, 5) is 22.4. The Hall–Kier alpha value is -2.96. The molecule has 0 fully saturated rings. The Morgan fingerprint density at radius 3 is 2.46 bits per heavy atom. The number of hydrogen-bond acceptors (Lipinski definition) is 5. The van der Waals surface area contributed by atoms with E-state index in [2.05, 4.69) is 0 Å². The molecular formula is C17H16FNO5. The van der Waals surface area contributed by atoms with Crippen molar-refractivity contribution >= 4 is 11.7 Å². The Balaban J connectivity index is 2.03. The van der Waals surface area contributed by atoms with E-state index in [1.54, 1.807) is 13.0 Å². The van der Waals surface area contributed by atoms with Gasteiger partial charge in [0, 0.05) is 11.6 Å². The molecular weight excluding hydrogens is 317 g/mol. The quantitative estimate of drug-likeness (QED) is 0.334. The topological polar surface area (TPSA) is 78.7 Å². The van der Waals surface area contributed by atoms with Gasteiger partial charge >= 0.3 is 5.97 Å². The van der Waals surface area contributed by atoms with Gasteiger partial charge in [-0.3, -0.25) is 14.9 Å². The summed E-state index contributed by atoms with van der Waals surface area (Å²) in [6.45, 7) is 2.24. The molecule has 0 heterocycles. The molecule has 0 unspecified atom stereocenters. The second-order valence-corrected chi connectivity index (χ2v) is 4.91. The van der Waals surface area contributed by atoms with Gasteiger partial charge in [-0.15, -0.1) is 0 Å². The van der Waals surface area contributed by atoms with Crippen LogP contribution in [0.25, 0.3) is 0 Å². The van der Waals surface area contributed by atoms with Crippen molar-refractivity contribution in [3.8, 4) is 11.5 Å². The summed E-state index contributed by atoms with van der Waals surface area (Å²) in [5, 5.41) is 11.1. The molecule has 24 heavy (non-hydrogen) atoms. The summed E-state index contributed by atoms with van der Waals surface area (Å²) >= 11 is 0. The van der Waals surface area contributed by atoms with Crippen LogP contribution in [0.2, 0.25) is 0 Å². The molecule has 2 rings (SSSR count). The van der Waals surface area contributed by atoms with Crippen molar-refractivity contribution in [1.82, 2.24) is 0 Å². The summed E-state index contributed by atoms with van der Waals surface area (Å²) in [5.74, 6) is -0.264. The first-order chi connectivity index (χ1) is 11.5. The highest BCUT2D eigenvalue weighted by molar-refractivity contribution is 5.72.